The Morgan fingerprint density at radius 2 is 1.67 bits per heavy atom. The van der Waals surface area contributed by atoms with Crippen LogP contribution in [0.1, 0.15) is 61.6 Å². The van der Waals surface area contributed by atoms with Gasteiger partial charge in [0.25, 0.3) is 0 Å². The maximum absolute atomic E-state index is 12.6. The first kappa shape index (κ1) is 21.1. The molecule has 1 heterocycles. The van der Waals surface area contributed by atoms with Crippen molar-refractivity contribution >= 4 is 5.91 Å². The minimum atomic E-state index is 0.256. The standard InChI is InChI=1S/C27H36N2O/c1-21-13-15-24(16-14-21)27-20-28(17-23-9-5-3-6-10-23)18-25(27)19-29(22(2)30)26-11-7-4-8-12-26/h3,5-6,9-10,13-16,25-27H,4,7-8,11-12,17-20H2,1-2H3. The SMILES string of the molecule is CC(=O)N(CC1CN(Cc2ccccc2)CC1c1ccc(C)cc1)C1CCCCC1. The second-order valence-electron chi connectivity index (χ2n) is 9.42. The number of amides is 1. The fourth-order valence-corrected chi connectivity index (χ4v) is 5.49. The van der Waals surface area contributed by atoms with Crippen molar-refractivity contribution in [3.05, 3.63) is 71.3 Å². The minimum absolute atomic E-state index is 0.256. The van der Waals surface area contributed by atoms with Gasteiger partial charge in [-0.15, -0.1) is 0 Å². The molecule has 3 nitrogen and oxygen atoms in total. The Labute approximate surface area is 182 Å². The quantitative estimate of drug-likeness (QED) is 0.644. The van der Waals surface area contributed by atoms with E-state index in [9.17, 15) is 4.79 Å². The molecule has 160 valence electrons. The summed E-state index contributed by atoms with van der Waals surface area (Å²) in [6.07, 6.45) is 6.20. The van der Waals surface area contributed by atoms with Gasteiger partial charge in [-0.05, 0) is 36.8 Å². The number of hydrogen-bond acceptors (Lipinski definition) is 2. The molecule has 0 spiro atoms. The summed E-state index contributed by atoms with van der Waals surface area (Å²) in [5.74, 6) is 1.23. The van der Waals surface area contributed by atoms with E-state index in [0.717, 1.165) is 26.2 Å². The zero-order chi connectivity index (χ0) is 20.9. The largest absolute Gasteiger partial charge is 0.340 e. The van der Waals surface area contributed by atoms with Crippen LogP contribution in [-0.2, 0) is 11.3 Å². The third kappa shape index (κ3) is 5.13. The van der Waals surface area contributed by atoms with E-state index in [4.69, 9.17) is 0 Å². The van der Waals surface area contributed by atoms with Crippen LogP contribution in [-0.4, -0.2) is 41.4 Å². The predicted molar refractivity (Wildman–Crippen MR) is 123 cm³/mol. The molecule has 1 amide bonds. The van der Waals surface area contributed by atoms with Gasteiger partial charge in [0.2, 0.25) is 5.91 Å². The van der Waals surface area contributed by atoms with Crippen molar-refractivity contribution in [2.75, 3.05) is 19.6 Å². The van der Waals surface area contributed by atoms with Crippen LogP contribution < -0.4 is 0 Å². The second kappa shape index (κ2) is 9.78. The summed E-state index contributed by atoms with van der Waals surface area (Å²) in [5.41, 5.74) is 4.10. The molecule has 2 aliphatic rings. The van der Waals surface area contributed by atoms with Gasteiger partial charge < -0.3 is 4.90 Å². The number of benzene rings is 2. The molecule has 0 radical (unpaired) electrons. The summed E-state index contributed by atoms with van der Waals surface area (Å²) in [5, 5.41) is 0. The van der Waals surface area contributed by atoms with Gasteiger partial charge in [0.1, 0.15) is 0 Å². The fraction of sp³-hybridized carbons (Fsp3) is 0.519. The summed E-state index contributed by atoms with van der Waals surface area (Å²) in [6, 6.07) is 20.3. The lowest BCUT2D eigenvalue weighted by atomic mass is 9.87. The highest BCUT2D eigenvalue weighted by molar-refractivity contribution is 5.73. The maximum Gasteiger partial charge on any atom is 0.219 e. The maximum atomic E-state index is 12.6. The highest BCUT2D eigenvalue weighted by atomic mass is 16.2. The monoisotopic (exact) mass is 404 g/mol. The van der Waals surface area contributed by atoms with Gasteiger partial charge in [-0.2, -0.15) is 0 Å². The molecule has 2 aromatic rings. The highest BCUT2D eigenvalue weighted by Crippen LogP contribution is 2.35. The average molecular weight is 405 g/mol. The van der Waals surface area contributed by atoms with Crippen LogP contribution in [0.25, 0.3) is 0 Å². The van der Waals surface area contributed by atoms with Crippen molar-refractivity contribution in [1.82, 2.24) is 9.80 Å². The van der Waals surface area contributed by atoms with Gasteiger partial charge in [-0.1, -0.05) is 79.4 Å². The Balaban J connectivity index is 1.53. The molecule has 0 N–H and O–H groups in total. The number of hydrogen-bond donors (Lipinski definition) is 0. The molecular weight excluding hydrogens is 368 g/mol. The van der Waals surface area contributed by atoms with Gasteiger partial charge in [-0.25, -0.2) is 0 Å². The Hall–Kier alpha value is -2.13. The minimum Gasteiger partial charge on any atom is -0.340 e. The van der Waals surface area contributed by atoms with Crippen LogP contribution in [0.5, 0.6) is 0 Å². The van der Waals surface area contributed by atoms with E-state index >= 15 is 0 Å². The molecule has 4 rings (SSSR count). The topological polar surface area (TPSA) is 23.6 Å². The van der Waals surface area contributed by atoms with E-state index in [1.165, 1.54) is 48.8 Å². The number of aryl methyl sites for hydroxylation is 1. The molecular formula is C27H36N2O. The fourth-order valence-electron chi connectivity index (χ4n) is 5.49. The number of likely N-dealkylation sites (tertiary alicyclic amines) is 1. The molecule has 1 aliphatic carbocycles. The van der Waals surface area contributed by atoms with Crippen molar-refractivity contribution in [2.24, 2.45) is 5.92 Å². The van der Waals surface area contributed by atoms with Crippen LogP contribution in [0.2, 0.25) is 0 Å². The lowest BCUT2D eigenvalue weighted by molar-refractivity contribution is -0.132. The van der Waals surface area contributed by atoms with Crippen molar-refractivity contribution in [2.45, 2.75) is 64.5 Å². The lowest BCUT2D eigenvalue weighted by Crippen LogP contribution is -2.44. The Morgan fingerprint density at radius 3 is 2.33 bits per heavy atom. The van der Waals surface area contributed by atoms with Gasteiger partial charge in [-0.3, -0.25) is 9.69 Å². The molecule has 0 bridgehead atoms. The molecule has 1 saturated carbocycles. The Bertz CT molecular complexity index is 811. The lowest BCUT2D eigenvalue weighted by Gasteiger charge is -2.36. The summed E-state index contributed by atoms with van der Waals surface area (Å²) in [7, 11) is 0. The van der Waals surface area contributed by atoms with Crippen molar-refractivity contribution in [1.29, 1.82) is 0 Å². The Morgan fingerprint density at radius 1 is 0.967 bits per heavy atom. The molecule has 0 aromatic heterocycles. The normalized spacial score (nSPS) is 22.9. The predicted octanol–water partition coefficient (Wildman–Crippen LogP) is 5.39. The summed E-state index contributed by atoms with van der Waals surface area (Å²) in [4.78, 5) is 17.4. The number of carbonyl (C=O) groups is 1. The first-order valence-electron chi connectivity index (χ1n) is 11.7. The van der Waals surface area contributed by atoms with E-state index in [2.05, 4.69) is 71.3 Å². The van der Waals surface area contributed by atoms with E-state index in [-0.39, 0.29) is 5.91 Å². The van der Waals surface area contributed by atoms with Crippen LogP contribution in [0.15, 0.2) is 54.6 Å². The van der Waals surface area contributed by atoms with E-state index in [1.54, 1.807) is 6.92 Å². The van der Waals surface area contributed by atoms with E-state index in [0.29, 0.717) is 17.9 Å². The van der Waals surface area contributed by atoms with Gasteiger partial charge >= 0.3 is 0 Å². The van der Waals surface area contributed by atoms with Crippen LogP contribution in [0.3, 0.4) is 0 Å². The molecule has 2 fully saturated rings. The molecule has 2 aromatic carbocycles. The summed E-state index contributed by atoms with van der Waals surface area (Å²) < 4.78 is 0. The molecule has 3 heteroatoms. The Kier molecular flexibility index (Phi) is 6.89. The van der Waals surface area contributed by atoms with Crippen LogP contribution >= 0.6 is 0 Å². The first-order chi connectivity index (χ1) is 14.6. The molecule has 30 heavy (non-hydrogen) atoms. The number of carbonyl (C=O) groups excluding carboxylic acids is 1. The zero-order valence-corrected chi connectivity index (χ0v) is 18.6. The van der Waals surface area contributed by atoms with Crippen molar-refractivity contribution in [3.8, 4) is 0 Å². The summed E-state index contributed by atoms with van der Waals surface area (Å²) >= 11 is 0. The zero-order valence-electron chi connectivity index (χ0n) is 18.6. The van der Waals surface area contributed by atoms with Gasteiger partial charge in [0.05, 0.1) is 0 Å². The molecule has 1 saturated heterocycles. The highest BCUT2D eigenvalue weighted by Gasteiger charge is 2.36. The molecule has 2 unspecified atom stereocenters. The van der Waals surface area contributed by atoms with E-state index < -0.39 is 0 Å². The summed E-state index contributed by atoms with van der Waals surface area (Å²) in [6.45, 7) is 7.93. The van der Waals surface area contributed by atoms with Gasteiger partial charge in [0, 0.05) is 45.1 Å². The molecule has 1 aliphatic heterocycles. The van der Waals surface area contributed by atoms with Crippen LogP contribution in [0.4, 0.5) is 0 Å². The second-order valence-corrected chi connectivity index (χ2v) is 9.42. The van der Waals surface area contributed by atoms with E-state index in [1.807, 2.05) is 0 Å². The number of nitrogens with zero attached hydrogens (tertiary/aromatic N) is 2. The van der Waals surface area contributed by atoms with Gasteiger partial charge in [0.15, 0.2) is 0 Å². The van der Waals surface area contributed by atoms with Crippen LogP contribution in [0, 0.1) is 12.8 Å². The smallest absolute Gasteiger partial charge is 0.219 e. The number of rotatable bonds is 6. The first-order valence-corrected chi connectivity index (χ1v) is 11.7. The third-order valence-corrected chi connectivity index (χ3v) is 7.12. The molecule has 2 atom stereocenters. The average Bonchev–Trinajstić information content (AvgIpc) is 3.16. The third-order valence-electron chi connectivity index (χ3n) is 7.12. The van der Waals surface area contributed by atoms with Crippen molar-refractivity contribution in [3.63, 3.8) is 0 Å². The van der Waals surface area contributed by atoms with Crippen molar-refractivity contribution < 1.29 is 4.79 Å².